The SMILES string of the molecule is CC(C)C[C@H](NC(=O)[C@H](Cc1ccccc1)NC(=O)CNC(=O)[C@H](NC(=O)[C@@H](N)Cc1ccc(O)cc1)[C@H](C)O)C(=O)N[C@@H](C(=O)O)[C@@H](C)O. The van der Waals surface area contributed by atoms with E-state index in [9.17, 15) is 49.2 Å². The van der Waals surface area contributed by atoms with Crippen molar-refractivity contribution in [2.24, 2.45) is 11.7 Å². The summed E-state index contributed by atoms with van der Waals surface area (Å²) in [4.78, 5) is 76.8. The van der Waals surface area contributed by atoms with Gasteiger partial charge in [-0.3, -0.25) is 24.0 Å². The fourth-order valence-electron chi connectivity index (χ4n) is 4.84. The average Bonchev–Trinajstić information content (AvgIpc) is 3.04. The largest absolute Gasteiger partial charge is 0.508 e. The summed E-state index contributed by atoms with van der Waals surface area (Å²) in [6, 6.07) is 8.01. The summed E-state index contributed by atoms with van der Waals surface area (Å²) in [7, 11) is 0. The molecule has 2 aromatic rings. The highest BCUT2D eigenvalue weighted by molar-refractivity contribution is 5.95. The smallest absolute Gasteiger partial charge is 0.328 e. The third-order valence-corrected chi connectivity index (χ3v) is 7.54. The summed E-state index contributed by atoms with van der Waals surface area (Å²) in [6.07, 6.45) is -2.63. The van der Waals surface area contributed by atoms with E-state index in [0.717, 1.165) is 0 Å². The van der Waals surface area contributed by atoms with Crippen molar-refractivity contribution < 1.29 is 49.2 Å². The van der Waals surface area contributed by atoms with E-state index in [4.69, 9.17) is 5.73 Å². The van der Waals surface area contributed by atoms with Crippen LogP contribution in [0.2, 0.25) is 0 Å². The van der Waals surface area contributed by atoms with Gasteiger partial charge in [0, 0.05) is 6.42 Å². The van der Waals surface area contributed by atoms with E-state index in [1.54, 1.807) is 56.3 Å². The number of carbonyl (C=O) groups is 6. The number of aromatic hydroxyl groups is 1. The standard InChI is InChI=1S/C34H48N6O10/c1-18(2)14-25(32(47)40-29(20(4)42)34(49)50)38-31(46)26(16-21-8-6-5-7-9-21)37-27(44)17-36-33(48)28(19(3)41)39-30(45)24(35)15-22-10-12-23(43)13-11-22/h5-13,18-20,24-26,28-29,41-43H,14-17,35H2,1-4H3,(H,36,48)(H,37,44)(H,38,46)(H,39,45)(H,40,47)(H,49,50)/t19-,20+,24-,25-,26-,28+,29+/m0/s1. The van der Waals surface area contributed by atoms with Gasteiger partial charge in [-0.15, -0.1) is 0 Å². The molecule has 0 saturated heterocycles. The van der Waals surface area contributed by atoms with Crippen molar-refractivity contribution in [3.63, 3.8) is 0 Å². The molecule has 2 aromatic carbocycles. The number of nitrogens with two attached hydrogens (primary N) is 1. The number of hydrogen-bond donors (Lipinski definition) is 10. The van der Waals surface area contributed by atoms with Crippen LogP contribution in [-0.4, -0.2) is 105 Å². The van der Waals surface area contributed by atoms with Gasteiger partial charge < -0.3 is 52.7 Å². The molecule has 0 aliphatic rings. The molecule has 0 aliphatic heterocycles. The molecule has 5 amide bonds. The van der Waals surface area contributed by atoms with E-state index in [-0.39, 0.29) is 30.9 Å². The number of aliphatic carboxylic acids is 1. The molecule has 0 heterocycles. The number of aliphatic hydroxyl groups is 2. The van der Waals surface area contributed by atoms with Gasteiger partial charge in [-0.05, 0) is 55.9 Å². The highest BCUT2D eigenvalue weighted by Gasteiger charge is 2.33. The van der Waals surface area contributed by atoms with Gasteiger partial charge in [0.25, 0.3) is 0 Å². The summed E-state index contributed by atoms with van der Waals surface area (Å²) >= 11 is 0. The van der Waals surface area contributed by atoms with Crippen LogP contribution in [0.3, 0.4) is 0 Å². The Morgan fingerprint density at radius 2 is 1.20 bits per heavy atom. The lowest BCUT2D eigenvalue weighted by Crippen LogP contribution is -2.59. The number of aliphatic hydroxyl groups excluding tert-OH is 2. The number of hydrogen-bond acceptors (Lipinski definition) is 10. The van der Waals surface area contributed by atoms with Gasteiger partial charge in [-0.1, -0.05) is 56.3 Å². The molecular weight excluding hydrogens is 652 g/mol. The maximum Gasteiger partial charge on any atom is 0.328 e. The molecule has 50 heavy (non-hydrogen) atoms. The number of amides is 5. The van der Waals surface area contributed by atoms with Crippen LogP contribution >= 0.6 is 0 Å². The third-order valence-electron chi connectivity index (χ3n) is 7.54. The Bertz CT molecular complexity index is 1450. The van der Waals surface area contributed by atoms with Crippen LogP contribution in [0.25, 0.3) is 0 Å². The van der Waals surface area contributed by atoms with E-state index >= 15 is 0 Å². The van der Waals surface area contributed by atoms with Crippen molar-refractivity contribution >= 4 is 35.5 Å². The van der Waals surface area contributed by atoms with Crippen molar-refractivity contribution in [2.75, 3.05) is 6.54 Å². The third kappa shape index (κ3) is 13.8. The van der Waals surface area contributed by atoms with Crippen molar-refractivity contribution in [3.05, 3.63) is 65.7 Å². The lowest BCUT2D eigenvalue weighted by atomic mass is 10.0. The zero-order valence-electron chi connectivity index (χ0n) is 28.5. The van der Waals surface area contributed by atoms with Gasteiger partial charge >= 0.3 is 5.97 Å². The second-order valence-electron chi connectivity index (χ2n) is 12.5. The molecule has 0 bridgehead atoms. The Hall–Kier alpha value is -5.06. The van der Waals surface area contributed by atoms with Gasteiger partial charge in [0.1, 0.15) is 23.9 Å². The molecule has 7 atom stereocenters. The molecule has 16 nitrogen and oxygen atoms in total. The summed E-state index contributed by atoms with van der Waals surface area (Å²) in [5.74, 6) is -5.61. The second kappa shape index (κ2) is 19.8. The van der Waals surface area contributed by atoms with Crippen LogP contribution in [0.5, 0.6) is 5.75 Å². The van der Waals surface area contributed by atoms with Crippen molar-refractivity contribution in [2.45, 2.75) is 89.4 Å². The summed E-state index contributed by atoms with van der Waals surface area (Å²) in [5.41, 5.74) is 7.28. The normalized spacial score (nSPS) is 15.3. The van der Waals surface area contributed by atoms with Gasteiger partial charge in [0.2, 0.25) is 29.5 Å². The number of rotatable bonds is 19. The van der Waals surface area contributed by atoms with Gasteiger partial charge in [-0.2, -0.15) is 0 Å². The number of phenols is 1. The van der Waals surface area contributed by atoms with E-state index in [2.05, 4.69) is 26.6 Å². The molecule has 11 N–H and O–H groups in total. The van der Waals surface area contributed by atoms with Crippen LogP contribution in [0, 0.1) is 5.92 Å². The Kier molecular flexibility index (Phi) is 16.3. The number of carbonyl (C=O) groups excluding carboxylic acids is 5. The zero-order chi connectivity index (χ0) is 37.5. The molecule has 0 fully saturated rings. The van der Waals surface area contributed by atoms with Gasteiger partial charge in [-0.25, -0.2) is 4.79 Å². The Labute approximate surface area is 290 Å². The first-order chi connectivity index (χ1) is 23.5. The first kappa shape index (κ1) is 41.1. The summed E-state index contributed by atoms with van der Waals surface area (Å²) in [5, 5.41) is 50.9. The quantitative estimate of drug-likeness (QED) is 0.0802. The Morgan fingerprint density at radius 3 is 1.74 bits per heavy atom. The fraction of sp³-hybridized carbons (Fsp3) is 0.471. The minimum atomic E-state index is -1.62. The molecule has 0 unspecified atom stereocenters. The second-order valence-corrected chi connectivity index (χ2v) is 12.5. The van der Waals surface area contributed by atoms with E-state index in [0.29, 0.717) is 11.1 Å². The molecule has 0 spiro atoms. The maximum absolute atomic E-state index is 13.5. The predicted molar refractivity (Wildman–Crippen MR) is 181 cm³/mol. The molecule has 0 saturated carbocycles. The number of benzene rings is 2. The van der Waals surface area contributed by atoms with Gasteiger partial charge in [0.15, 0.2) is 6.04 Å². The zero-order valence-corrected chi connectivity index (χ0v) is 28.5. The lowest BCUT2D eigenvalue weighted by Gasteiger charge is -2.26. The summed E-state index contributed by atoms with van der Waals surface area (Å²) < 4.78 is 0. The minimum absolute atomic E-state index is 0.0148. The number of carboxylic acid groups (broad SMARTS) is 1. The van der Waals surface area contributed by atoms with Crippen LogP contribution in [0.1, 0.15) is 45.2 Å². The number of phenolic OH excluding ortho intramolecular Hbond substituents is 1. The van der Waals surface area contributed by atoms with Crippen molar-refractivity contribution in [3.8, 4) is 5.75 Å². The molecule has 274 valence electrons. The molecule has 16 heteroatoms. The molecular formula is C34H48N6O10. The fourth-order valence-corrected chi connectivity index (χ4v) is 4.84. The topological polar surface area (TPSA) is 270 Å². The van der Waals surface area contributed by atoms with E-state index < -0.39 is 84.5 Å². The lowest BCUT2D eigenvalue weighted by molar-refractivity contribution is -0.145. The number of carboxylic acids is 1. The monoisotopic (exact) mass is 700 g/mol. The van der Waals surface area contributed by atoms with E-state index in [1.807, 2.05) is 0 Å². The van der Waals surface area contributed by atoms with Crippen LogP contribution in [0.4, 0.5) is 0 Å². The number of nitrogens with one attached hydrogen (secondary N) is 5. The van der Waals surface area contributed by atoms with Gasteiger partial charge in [0.05, 0.1) is 24.8 Å². The molecule has 0 aromatic heterocycles. The minimum Gasteiger partial charge on any atom is -0.508 e. The Balaban J connectivity index is 2.12. The maximum atomic E-state index is 13.5. The predicted octanol–water partition coefficient (Wildman–Crippen LogP) is -1.55. The highest BCUT2D eigenvalue weighted by atomic mass is 16.4. The average molecular weight is 701 g/mol. The first-order valence-electron chi connectivity index (χ1n) is 16.1. The van der Waals surface area contributed by atoms with Crippen LogP contribution < -0.4 is 32.3 Å². The first-order valence-corrected chi connectivity index (χ1v) is 16.1. The van der Waals surface area contributed by atoms with Crippen LogP contribution in [0.15, 0.2) is 54.6 Å². The van der Waals surface area contributed by atoms with E-state index in [1.165, 1.54) is 26.0 Å². The molecule has 2 rings (SSSR count). The highest BCUT2D eigenvalue weighted by Crippen LogP contribution is 2.12. The Morgan fingerprint density at radius 1 is 0.660 bits per heavy atom. The molecule has 0 aliphatic carbocycles. The van der Waals surface area contributed by atoms with Crippen LogP contribution in [-0.2, 0) is 41.6 Å². The molecule has 0 radical (unpaired) electrons. The summed E-state index contributed by atoms with van der Waals surface area (Å²) in [6.45, 7) is 5.38. The van der Waals surface area contributed by atoms with Crippen molar-refractivity contribution in [1.29, 1.82) is 0 Å². The van der Waals surface area contributed by atoms with Crippen molar-refractivity contribution in [1.82, 2.24) is 26.6 Å².